The second-order valence-electron chi connectivity index (χ2n) is 5.15. The predicted octanol–water partition coefficient (Wildman–Crippen LogP) is 3.62. The van der Waals surface area contributed by atoms with Crippen LogP contribution in [-0.4, -0.2) is 26.3 Å². The number of hydrogen-bond donors (Lipinski definition) is 2. The predicted molar refractivity (Wildman–Crippen MR) is 96.2 cm³/mol. The van der Waals surface area contributed by atoms with Gasteiger partial charge in [0.15, 0.2) is 17.5 Å². The molecule has 2 aromatic rings. The van der Waals surface area contributed by atoms with E-state index in [0.29, 0.717) is 12.4 Å². The van der Waals surface area contributed by atoms with Gasteiger partial charge in [0.1, 0.15) is 5.75 Å². The quantitative estimate of drug-likeness (QED) is 0.552. The molecule has 0 fully saturated rings. The Hall–Kier alpha value is -3.03. The summed E-state index contributed by atoms with van der Waals surface area (Å²) < 4.78 is 39.8. The molecule has 0 atom stereocenters. The lowest BCUT2D eigenvalue weighted by Crippen LogP contribution is -2.22. The molecule has 2 aromatic carbocycles. The number of nitrogens with two attached hydrogens (primary N) is 1. The third kappa shape index (κ3) is 5.80. The Balaban J connectivity index is 2.06. The topological polar surface area (TPSA) is 78.1 Å². The van der Waals surface area contributed by atoms with Crippen molar-refractivity contribution in [3.63, 3.8) is 0 Å². The van der Waals surface area contributed by atoms with E-state index >= 15 is 0 Å². The first-order chi connectivity index (χ1) is 12.5. The molecular weight excluding hydrogens is 344 g/mol. The van der Waals surface area contributed by atoms with Crippen LogP contribution in [-0.2, 0) is 6.54 Å². The molecule has 0 unspecified atom stereocenters. The maximum atomic E-state index is 12.4. The first-order valence-electron chi connectivity index (χ1n) is 7.93. The minimum Gasteiger partial charge on any atom is -0.497 e. The molecule has 0 heterocycles. The Kier molecular flexibility index (Phi) is 7.02. The number of methoxy groups -OCH3 is 1. The van der Waals surface area contributed by atoms with Crippen LogP contribution in [0.1, 0.15) is 12.5 Å². The second kappa shape index (κ2) is 9.45. The molecule has 140 valence electrons. The van der Waals surface area contributed by atoms with Gasteiger partial charge in [-0.2, -0.15) is 8.78 Å². The van der Waals surface area contributed by atoms with Gasteiger partial charge in [-0.1, -0.05) is 12.1 Å². The summed E-state index contributed by atoms with van der Waals surface area (Å²) in [5, 5.41) is 2.96. The Morgan fingerprint density at radius 2 is 2.00 bits per heavy atom. The van der Waals surface area contributed by atoms with Crippen molar-refractivity contribution in [1.29, 1.82) is 0 Å². The molecule has 0 amide bonds. The van der Waals surface area contributed by atoms with Gasteiger partial charge in [-0.25, -0.2) is 4.99 Å². The van der Waals surface area contributed by atoms with Crippen molar-refractivity contribution in [2.24, 2.45) is 10.7 Å². The molecule has 0 saturated carbocycles. The first kappa shape index (κ1) is 19.3. The molecule has 2 rings (SSSR count). The van der Waals surface area contributed by atoms with Crippen LogP contribution < -0.4 is 25.3 Å². The van der Waals surface area contributed by atoms with E-state index in [9.17, 15) is 8.78 Å². The van der Waals surface area contributed by atoms with Gasteiger partial charge in [-0.3, -0.25) is 0 Å². The van der Waals surface area contributed by atoms with Crippen LogP contribution in [0, 0.1) is 0 Å². The molecule has 0 bridgehead atoms. The van der Waals surface area contributed by atoms with E-state index in [2.05, 4.69) is 15.0 Å². The minimum atomic E-state index is -2.92. The van der Waals surface area contributed by atoms with Crippen LogP contribution in [0.5, 0.6) is 17.2 Å². The number of aliphatic imine (C=N–C) groups is 1. The van der Waals surface area contributed by atoms with E-state index in [1.165, 1.54) is 6.07 Å². The van der Waals surface area contributed by atoms with E-state index in [0.717, 1.165) is 11.3 Å². The lowest BCUT2D eigenvalue weighted by Gasteiger charge is -2.12. The number of alkyl halides is 2. The van der Waals surface area contributed by atoms with Crippen molar-refractivity contribution in [3.8, 4) is 17.2 Å². The molecule has 0 spiro atoms. The average Bonchev–Trinajstić information content (AvgIpc) is 2.62. The van der Waals surface area contributed by atoms with Crippen LogP contribution in [0.15, 0.2) is 47.5 Å². The summed E-state index contributed by atoms with van der Waals surface area (Å²) in [4.78, 5) is 4.24. The highest BCUT2D eigenvalue weighted by molar-refractivity contribution is 5.92. The third-order valence-corrected chi connectivity index (χ3v) is 3.30. The highest BCUT2D eigenvalue weighted by Gasteiger charge is 2.11. The number of nitrogens with zero attached hydrogens (tertiary/aromatic N) is 1. The number of nitrogens with one attached hydrogen (secondary N) is 1. The Labute approximate surface area is 150 Å². The summed E-state index contributed by atoms with van der Waals surface area (Å²) in [6.45, 7) is -0.586. The number of hydrogen-bond acceptors (Lipinski definition) is 4. The summed E-state index contributed by atoms with van der Waals surface area (Å²) in [6.07, 6.45) is 0. The maximum Gasteiger partial charge on any atom is 0.387 e. The van der Waals surface area contributed by atoms with E-state index in [1.807, 2.05) is 18.2 Å². The fraction of sp³-hybridized carbons (Fsp3) is 0.278. The van der Waals surface area contributed by atoms with Crippen molar-refractivity contribution in [3.05, 3.63) is 48.0 Å². The van der Waals surface area contributed by atoms with E-state index in [1.54, 1.807) is 32.2 Å². The molecule has 0 saturated heterocycles. The van der Waals surface area contributed by atoms with Gasteiger partial charge >= 0.3 is 6.61 Å². The minimum absolute atomic E-state index is 0.0166. The zero-order valence-corrected chi connectivity index (χ0v) is 14.5. The summed E-state index contributed by atoms with van der Waals surface area (Å²) in [7, 11) is 1.58. The summed E-state index contributed by atoms with van der Waals surface area (Å²) in [5.41, 5.74) is 7.36. The van der Waals surface area contributed by atoms with Gasteiger partial charge in [-0.15, -0.1) is 0 Å². The van der Waals surface area contributed by atoms with Gasteiger partial charge < -0.3 is 25.3 Å². The number of benzene rings is 2. The van der Waals surface area contributed by atoms with E-state index in [-0.39, 0.29) is 24.0 Å². The SMILES string of the molecule is CCOc1cc(CN=C(N)Nc2cccc(OC)c2)ccc1OC(F)F. The standard InChI is InChI=1S/C18H21F2N3O3/c1-3-25-16-9-12(7-8-15(16)26-17(19)20)11-22-18(21)23-13-5-4-6-14(10-13)24-2/h4-10,17H,3,11H2,1-2H3,(H3,21,22,23). The second-order valence-corrected chi connectivity index (χ2v) is 5.15. The number of anilines is 1. The largest absolute Gasteiger partial charge is 0.497 e. The van der Waals surface area contributed by atoms with E-state index < -0.39 is 6.61 Å². The zero-order valence-electron chi connectivity index (χ0n) is 14.5. The highest BCUT2D eigenvalue weighted by Crippen LogP contribution is 2.30. The number of halogens is 2. The molecule has 0 aliphatic carbocycles. The molecule has 26 heavy (non-hydrogen) atoms. The maximum absolute atomic E-state index is 12.4. The number of guanidine groups is 1. The lowest BCUT2D eigenvalue weighted by molar-refractivity contribution is -0.0514. The van der Waals surface area contributed by atoms with Crippen LogP contribution >= 0.6 is 0 Å². The van der Waals surface area contributed by atoms with Gasteiger partial charge in [0.25, 0.3) is 0 Å². The molecular formula is C18H21F2N3O3. The van der Waals surface area contributed by atoms with Crippen LogP contribution in [0.4, 0.5) is 14.5 Å². The van der Waals surface area contributed by atoms with Gasteiger partial charge in [0, 0.05) is 11.8 Å². The summed E-state index contributed by atoms with van der Waals surface area (Å²) in [5.74, 6) is 1.12. The molecule has 6 nitrogen and oxygen atoms in total. The van der Waals surface area contributed by atoms with Crippen molar-refractivity contribution < 1.29 is 23.0 Å². The molecule has 0 aromatic heterocycles. The Morgan fingerprint density at radius 3 is 2.69 bits per heavy atom. The summed E-state index contributed by atoms with van der Waals surface area (Å²) in [6, 6.07) is 11.9. The third-order valence-electron chi connectivity index (χ3n) is 3.30. The number of ether oxygens (including phenoxy) is 3. The monoisotopic (exact) mass is 365 g/mol. The number of rotatable bonds is 8. The normalized spacial score (nSPS) is 11.3. The van der Waals surface area contributed by atoms with Crippen LogP contribution in [0.25, 0.3) is 0 Å². The molecule has 0 aliphatic rings. The Morgan fingerprint density at radius 1 is 1.19 bits per heavy atom. The van der Waals surface area contributed by atoms with Crippen molar-refractivity contribution in [2.45, 2.75) is 20.1 Å². The zero-order chi connectivity index (χ0) is 18.9. The summed E-state index contributed by atoms with van der Waals surface area (Å²) >= 11 is 0. The molecule has 3 N–H and O–H groups in total. The van der Waals surface area contributed by atoms with Crippen molar-refractivity contribution >= 4 is 11.6 Å². The van der Waals surface area contributed by atoms with Crippen molar-refractivity contribution in [1.82, 2.24) is 0 Å². The molecule has 0 aliphatic heterocycles. The van der Waals surface area contributed by atoms with Crippen LogP contribution in [0.3, 0.4) is 0 Å². The fourth-order valence-corrected chi connectivity index (χ4v) is 2.18. The molecule has 0 radical (unpaired) electrons. The van der Waals surface area contributed by atoms with Gasteiger partial charge in [-0.05, 0) is 36.8 Å². The smallest absolute Gasteiger partial charge is 0.387 e. The van der Waals surface area contributed by atoms with Gasteiger partial charge in [0.05, 0.1) is 20.3 Å². The molecule has 8 heteroatoms. The van der Waals surface area contributed by atoms with Gasteiger partial charge in [0.2, 0.25) is 0 Å². The lowest BCUT2D eigenvalue weighted by atomic mass is 10.2. The Bertz CT molecular complexity index is 754. The average molecular weight is 365 g/mol. The first-order valence-corrected chi connectivity index (χ1v) is 7.93. The van der Waals surface area contributed by atoms with Crippen molar-refractivity contribution in [2.75, 3.05) is 19.0 Å². The fourth-order valence-electron chi connectivity index (χ4n) is 2.18. The van der Waals surface area contributed by atoms with Crippen LogP contribution in [0.2, 0.25) is 0 Å². The highest BCUT2D eigenvalue weighted by atomic mass is 19.3. The van der Waals surface area contributed by atoms with E-state index in [4.69, 9.17) is 15.2 Å².